The zero-order valence-electron chi connectivity index (χ0n) is 3.40. The van der Waals surface area contributed by atoms with Gasteiger partial charge in [0.2, 0.25) is 0 Å². The summed E-state index contributed by atoms with van der Waals surface area (Å²) in [6, 6.07) is 0. The molecule has 0 saturated heterocycles. The quantitative estimate of drug-likeness (QED) is 0.330. The monoisotopic (exact) mass is 118 g/mol. The van der Waals surface area contributed by atoms with Gasteiger partial charge in [0.05, 0.1) is 0 Å². The Labute approximate surface area is 41.7 Å². The van der Waals surface area contributed by atoms with Crippen LogP contribution in [0.3, 0.4) is 0 Å². The Morgan fingerprint density at radius 2 is 2.43 bits per heavy atom. The molecule has 1 unspecified atom stereocenters. The summed E-state index contributed by atoms with van der Waals surface area (Å²) in [4.78, 5) is 14.3. The SMILES string of the molecule is [O-][P+]1=CC=COO1. The smallest absolute Gasteiger partial charge is 0.279 e. The van der Waals surface area contributed by atoms with Crippen LogP contribution >= 0.6 is 8.00 Å². The topological polar surface area (TPSA) is 41.5 Å². The molecule has 0 aromatic heterocycles. The van der Waals surface area contributed by atoms with Gasteiger partial charge in [-0.1, -0.05) is 0 Å². The first-order valence-corrected chi connectivity index (χ1v) is 2.94. The first-order valence-electron chi connectivity index (χ1n) is 1.69. The van der Waals surface area contributed by atoms with Crippen LogP contribution in [0.15, 0.2) is 12.3 Å². The maximum atomic E-state index is 10.2. The number of hydrogen-bond acceptors (Lipinski definition) is 3. The summed E-state index contributed by atoms with van der Waals surface area (Å²) in [7, 11) is -1.68. The van der Waals surface area contributed by atoms with E-state index in [4.69, 9.17) is 0 Å². The summed E-state index contributed by atoms with van der Waals surface area (Å²) in [6.07, 6.45) is 2.85. The molecule has 0 amide bonds. The van der Waals surface area contributed by atoms with E-state index in [0.717, 1.165) is 0 Å². The average molecular weight is 118 g/mol. The number of hydrogen-bond donors (Lipinski definition) is 0. The highest BCUT2D eigenvalue weighted by atomic mass is 31.1. The van der Waals surface area contributed by atoms with Crippen molar-refractivity contribution in [3.8, 4) is 0 Å². The molecular weight excluding hydrogens is 115 g/mol. The van der Waals surface area contributed by atoms with E-state index in [2.05, 4.69) is 9.56 Å². The van der Waals surface area contributed by atoms with Crippen molar-refractivity contribution in [2.24, 2.45) is 0 Å². The van der Waals surface area contributed by atoms with Crippen LogP contribution in [0.1, 0.15) is 0 Å². The molecule has 0 aromatic carbocycles. The molecule has 0 aromatic rings. The maximum absolute atomic E-state index is 10.2. The summed E-state index contributed by atoms with van der Waals surface area (Å²) in [5, 5.41) is 0. The first kappa shape index (κ1) is 4.78. The molecule has 38 valence electrons. The van der Waals surface area contributed by atoms with Gasteiger partial charge in [-0.05, 0) is 0 Å². The van der Waals surface area contributed by atoms with Gasteiger partial charge in [-0.3, -0.25) is 0 Å². The molecule has 1 aliphatic heterocycles. The molecule has 1 rings (SSSR count). The number of rotatable bonds is 0. The van der Waals surface area contributed by atoms with E-state index >= 15 is 0 Å². The predicted octanol–water partition coefficient (Wildman–Crippen LogP) is -0.0637. The molecule has 0 saturated carbocycles. The lowest BCUT2D eigenvalue weighted by atomic mass is 10.7. The predicted molar refractivity (Wildman–Crippen MR) is 24.3 cm³/mol. The van der Waals surface area contributed by atoms with Crippen LogP contribution in [-0.2, 0) is 9.56 Å². The highest BCUT2D eigenvalue weighted by molar-refractivity contribution is 7.45. The Balaban J connectivity index is 2.57. The Bertz CT molecular complexity index is 117. The molecule has 0 radical (unpaired) electrons. The van der Waals surface area contributed by atoms with Crippen molar-refractivity contribution < 1.29 is 14.5 Å². The fourth-order valence-corrected chi connectivity index (χ4v) is 0.625. The van der Waals surface area contributed by atoms with Gasteiger partial charge in [0, 0.05) is 10.8 Å². The molecule has 3 nitrogen and oxygen atoms in total. The summed E-state index contributed by atoms with van der Waals surface area (Å²) < 4.78 is 4.14. The van der Waals surface area contributed by atoms with Gasteiger partial charge in [-0.2, -0.15) is 0 Å². The fourth-order valence-electron chi connectivity index (χ4n) is 0.230. The van der Waals surface area contributed by atoms with Crippen molar-refractivity contribution in [2.45, 2.75) is 0 Å². The minimum Gasteiger partial charge on any atom is -0.600 e. The third-order valence-corrected chi connectivity index (χ3v) is 1.11. The van der Waals surface area contributed by atoms with E-state index in [1.807, 2.05) is 0 Å². The first-order chi connectivity index (χ1) is 3.39. The standard InChI is InChI=1S/C3H3O3P/c4-7-3-1-2-5-6-7/h1-3H. The van der Waals surface area contributed by atoms with Crippen LogP contribution < -0.4 is 4.89 Å². The second kappa shape index (κ2) is 2.07. The number of allylic oxidation sites excluding steroid dienone is 1. The molecular formula is C3H3O3P. The second-order valence-corrected chi connectivity index (χ2v) is 1.95. The zero-order valence-corrected chi connectivity index (χ0v) is 4.30. The lowest BCUT2D eigenvalue weighted by Gasteiger charge is -1.94. The Kier molecular flexibility index (Phi) is 1.42. The summed E-state index contributed by atoms with van der Waals surface area (Å²) in [5.74, 6) is 1.42. The largest absolute Gasteiger partial charge is 0.600 e. The van der Waals surface area contributed by atoms with Crippen molar-refractivity contribution in [1.82, 2.24) is 0 Å². The van der Waals surface area contributed by atoms with Gasteiger partial charge in [-0.25, -0.2) is 0 Å². The summed E-state index contributed by atoms with van der Waals surface area (Å²) in [5.41, 5.74) is 0. The third-order valence-electron chi connectivity index (χ3n) is 0.458. The summed E-state index contributed by atoms with van der Waals surface area (Å²) in [6.45, 7) is 0. The highest BCUT2D eigenvalue weighted by Crippen LogP contribution is 2.14. The molecule has 1 aliphatic rings. The molecule has 1 atom stereocenters. The Morgan fingerprint density at radius 1 is 1.57 bits per heavy atom. The molecule has 0 N–H and O–H groups in total. The van der Waals surface area contributed by atoms with Crippen LogP contribution in [0.4, 0.5) is 0 Å². The molecule has 0 fully saturated rings. The molecule has 0 aliphatic carbocycles. The van der Waals surface area contributed by atoms with Gasteiger partial charge < -0.3 is 9.78 Å². The van der Waals surface area contributed by atoms with Crippen LogP contribution in [0.5, 0.6) is 0 Å². The van der Waals surface area contributed by atoms with Gasteiger partial charge in [-0.15, -0.1) is 0 Å². The average Bonchev–Trinajstić information content (AvgIpc) is 1.69. The van der Waals surface area contributed by atoms with E-state index in [1.165, 1.54) is 18.1 Å². The molecule has 0 spiro atoms. The molecule has 7 heavy (non-hydrogen) atoms. The molecule has 4 heteroatoms. The van der Waals surface area contributed by atoms with Crippen LogP contribution in [-0.4, -0.2) is 5.80 Å². The van der Waals surface area contributed by atoms with Crippen molar-refractivity contribution in [1.29, 1.82) is 0 Å². The third kappa shape index (κ3) is 1.27. The Hall–Kier alpha value is -0.370. The van der Waals surface area contributed by atoms with E-state index in [9.17, 15) is 4.89 Å². The van der Waals surface area contributed by atoms with Gasteiger partial charge in [0.25, 0.3) is 8.00 Å². The van der Waals surface area contributed by atoms with Crippen LogP contribution in [0.25, 0.3) is 0 Å². The van der Waals surface area contributed by atoms with Crippen molar-refractivity contribution in [2.75, 3.05) is 0 Å². The van der Waals surface area contributed by atoms with Crippen LogP contribution in [0, 0.1) is 0 Å². The van der Waals surface area contributed by atoms with Crippen molar-refractivity contribution in [3.05, 3.63) is 12.3 Å². The lowest BCUT2D eigenvalue weighted by Crippen LogP contribution is -1.95. The lowest BCUT2D eigenvalue weighted by molar-refractivity contribution is -0.235. The van der Waals surface area contributed by atoms with Gasteiger partial charge in [0.1, 0.15) is 12.1 Å². The minimum atomic E-state index is -1.68. The zero-order chi connectivity index (χ0) is 5.11. The van der Waals surface area contributed by atoms with Crippen molar-refractivity contribution in [3.63, 3.8) is 0 Å². The van der Waals surface area contributed by atoms with Crippen molar-refractivity contribution >= 4 is 13.8 Å². The second-order valence-electron chi connectivity index (χ2n) is 0.934. The van der Waals surface area contributed by atoms with Crippen LogP contribution in [0.2, 0.25) is 0 Å². The molecule has 1 heterocycles. The molecule has 0 bridgehead atoms. The highest BCUT2D eigenvalue weighted by Gasteiger charge is 1.98. The van der Waals surface area contributed by atoms with E-state index < -0.39 is 8.00 Å². The summed E-state index contributed by atoms with van der Waals surface area (Å²) >= 11 is 0. The Morgan fingerprint density at radius 3 is 2.71 bits per heavy atom. The van der Waals surface area contributed by atoms with E-state index in [-0.39, 0.29) is 0 Å². The maximum Gasteiger partial charge on any atom is 0.279 e. The van der Waals surface area contributed by atoms with Gasteiger partial charge in [0.15, 0.2) is 0 Å². The van der Waals surface area contributed by atoms with E-state index in [1.54, 1.807) is 0 Å². The minimum absolute atomic E-state index is 1.32. The normalized spacial score (nSPS) is 23.3. The van der Waals surface area contributed by atoms with Gasteiger partial charge >= 0.3 is 0 Å². The fraction of sp³-hybridized carbons (Fsp3) is 0. The van der Waals surface area contributed by atoms with E-state index in [0.29, 0.717) is 0 Å².